The maximum atomic E-state index is 12.8. The van der Waals surface area contributed by atoms with Crippen molar-refractivity contribution in [1.29, 1.82) is 0 Å². The molecule has 0 aromatic heterocycles. The summed E-state index contributed by atoms with van der Waals surface area (Å²) >= 11 is 0. The number of carbonyl (C=O) groups excluding carboxylic acids is 4. The highest BCUT2D eigenvalue weighted by molar-refractivity contribution is 5.97. The van der Waals surface area contributed by atoms with Crippen LogP contribution in [-0.2, 0) is 39.8 Å². The minimum absolute atomic E-state index is 0.0351. The minimum atomic E-state index is -0.743. The summed E-state index contributed by atoms with van der Waals surface area (Å²) in [7, 11) is 1.66. The number of rotatable bonds is 14. The fourth-order valence-corrected chi connectivity index (χ4v) is 6.23. The Hall–Kier alpha value is -3.28. The van der Waals surface area contributed by atoms with Gasteiger partial charge in [-0.25, -0.2) is 4.79 Å². The maximum absolute atomic E-state index is 12.8. The number of anilines is 1. The van der Waals surface area contributed by atoms with E-state index in [1.165, 1.54) is 12.5 Å². The summed E-state index contributed by atoms with van der Waals surface area (Å²) in [5.74, 6) is -0.818. The number of alkyl carbamates (subject to hydrolysis) is 1. The van der Waals surface area contributed by atoms with Crippen molar-refractivity contribution in [2.75, 3.05) is 25.6 Å². The molecule has 3 N–H and O–H groups in total. The summed E-state index contributed by atoms with van der Waals surface area (Å²) in [6, 6.07) is 6.52. The van der Waals surface area contributed by atoms with E-state index in [1.54, 1.807) is 26.2 Å². The average molecular weight is 614 g/mol. The van der Waals surface area contributed by atoms with Crippen LogP contribution in [0.3, 0.4) is 0 Å². The molecule has 3 fully saturated rings. The fraction of sp³-hybridized carbons (Fsp3) is 0.636. The van der Waals surface area contributed by atoms with Crippen LogP contribution in [-0.4, -0.2) is 79.5 Å². The second-order valence-corrected chi connectivity index (χ2v) is 12.7. The van der Waals surface area contributed by atoms with Gasteiger partial charge in [0.15, 0.2) is 0 Å². The van der Waals surface area contributed by atoms with E-state index in [0.29, 0.717) is 31.7 Å². The Balaban J connectivity index is 1.22. The molecule has 1 aliphatic carbocycles. The van der Waals surface area contributed by atoms with Crippen molar-refractivity contribution >= 4 is 29.4 Å². The molecule has 0 radical (unpaired) electrons. The normalized spacial score (nSPS) is 29.2. The van der Waals surface area contributed by atoms with Gasteiger partial charge in [0.05, 0.1) is 18.6 Å². The third-order valence-electron chi connectivity index (χ3n) is 8.87. The third kappa shape index (κ3) is 8.46. The number of amides is 3. The molecule has 7 atom stereocenters. The van der Waals surface area contributed by atoms with Crippen LogP contribution in [0.1, 0.15) is 72.3 Å². The number of carbonyl (C=O) groups is 4. The van der Waals surface area contributed by atoms with Gasteiger partial charge in [-0.3, -0.25) is 9.59 Å². The second kappa shape index (κ2) is 14.2. The van der Waals surface area contributed by atoms with Crippen LogP contribution in [0.15, 0.2) is 35.9 Å². The van der Waals surface area contributed by atoms with Gasteiger partial charge >= 0.3 is 6.09 Å². The lowest BCUT2D eigenvalue weighted by molar-refractivity contribution is -0.127. The van der Waals surface area contributed by atoms with E-state index >= 15 is 0 Å². The van der Waals surface area contributed by atoms with Crippen molar-refractivity contribution in [2.24, 2.45) is 5.92 Å². The molecule has 1 unspecified atom stereocenters. The number of hydrogen-bond acceptors (Lipinski definition) is 8. The zero-order chi connectivity index (χ0) is 32.1. The smallest absolute Gasteiger partial charge is 0.407 e. The molecule has 11 nitrogen and oxygen atoms in total. The quantitative estimate of drug-likeness (QED) is 0.212. The number of ketones is 1. The maximum Gasteiger partial charge on any atom is 0.407 e. The highest BCUT2D eigenvalue weighted by Gasteiger charge is 2.72. The Bertz CT molecular complexity index is 1240. The number of benzene rings is 1. The highest BCUT2D eigenvalue weighted by atomic mass is 16.6. The van der Waals surface area contributed by atoms with Crippen LogP contribution >= 0.6 is 0 Å². The molecule has 3 amide bonds. The first kappa shape index (κ1) is 33.6. The molecule has 11 heteroatoms. The summed E-state index contributed by atoms with van der Waals surface area (Å²) in [6.07, 6.45) is 4.09. The number of methoxy groups -OCH3 is 1. The second-order valence-electron chi connectivity index (χ2n) is 12.7. The topological polar surface area (TPSA) is 148 Å². The van der Waals surface area contributed by atoms with E-state index in [2.05, 4.69) is 42.8 Å². The van der Waals surface area contributed by atoms with E-state index in [0.717, 1.165) is 18.4 Å². The molecule has 44 heavy (non-hydrogen) atoms. The predicted octanol–water partition coefficient (Wildman–Crippen LogP) is 3.84. The van der Waals surface area contributed by atoms with E-state index in [1.807, 2.05) is 12.1 Å². The first-order valence-corrected chi connectivity index (χ1v) is 15.5. The molecule has 2 heterocycles. The lowest BCUT2D eigenvalue weighted by Gasteiger charge is -2.42. The van der Waals surface area contributed by atoms with Crippen LogP contribution in [0.25, 0.3) is 0 Å². The Morgan fingerprint density at radius 2 is 1.82 bits per heavy atom. The molecule has 1 spiro atoms. The SMILES string of the molecule is CO[C@H]1[C@H](C2(C)O[C@@H]2CC=C(C)C)[C@]2(CC[C@H]1OC(=O)NCCc1ccc(NC(=O)[C@H](C)NC(=O)CCC(C)=O)cc1)CO2. The minimum Gasteiger partial charge on any atom is -0.443 e. The number of Topliss-reactive ketones (excluding diaryl/α,β-unsaturated/α-hetero) is 1. The zero-order valence-corrected chi connectivity index (χ0v) is 26.7. The van der Waals surface area contributed by atoms with Gasteiger partial charge in [0.1, 0.15) is 35.2 Å². The van der Waals surface area contributed by atoms with Gasteiger partial charge in [-0.15, -0.1) is 0 Å². The lowest BCUT2D eigenvalue weighted by atomic mass is 9.68. The highest BCUT2D eigenvalue weighted by Crippen LogP contribution is 2.59. The van der Waals surface area contributed by atoms with Gasteiger partial charge < -0.3 is 39.7 Å². The summed E-state index contributed by atoms with van der Waals surface area (Å²) in [4.78, 5) is 48.2. The summed E-state index contributed by atoms with van der Waals surface area (Å²) in [5.41, 5.74) is 2.13. The Labute approximate surface area is 259 Å². The van der Waals surface area contributed by atoms with Crippen molar-refractivity contribution in [1.82, 2.24) is 10.6 Å². The van der Waals surface area contributed by atoms with Crippen molar-refractivity contribution in [3.63, 3.8) is 0 Å². The Morgan fingerprint density at radius 1 is 1.11 bits per heavy atom. The largest absolute Gasteiger partial charge is 0.443 e. The van der Waals surface area contributed by atoms with Crippen LogP contribution < -0.4 is 16.0 Å². The van der Waals surface area contributed by atoms with Crippen LogP contribution in [0.4, 0.5) is 10.5 Å². The van der Waals surface area contributed by atoms with Crippen molar-refractivity contribution in [3.8, 4) is 0 Å². The number of ether oxygens (including phenoxy) is 4. The Kier molecular flexibility index (Phi) is 10.9. The van der Waals surface area contributed by atoms with Crippen molar-refractivity contribution < 1.29 is 38.1 Å². The molecule has 1 aromatic carbocycles. The fourth-order valence-electron chi connectivity index (χ4n) is 6.23. The molecule has 2 aliphatic heterocycles. The average Bonchev–Trinajstić information content (AvgIpc) is 3.89. The summed E-state index contributed by atoms with van der Waals surface area (Å²) < 4.78 is 24.1. The van der Waals surface area contributed by atoms with Crippen LogP contribution in [0.2, 0.25) is 0 Å². The van der Waals surface area contributed by atoms with Gasteiger partial charge in [-0.2, -0.15) is 0 Å². The summed E-state index contributed by atoms with van der Waals surface area (Å²) in [5, 5.41) is 8.21. The van der Waals surface area contributed by atoms with Gasteiger partial charge in [0, 0.05) is 32.2 Å². The van der Waals surface area contributed by atoms with Gasteiger partial charge in [-0.05, 0) is 78.0 Å². The molecule has 1 saturated carbocycles. The van der Waals surface area contributed by atoms with E-state index in [9.17, 15) is 19.2 Å². The first-order valence-electron chi connectivity index (χ1n) is 15.5. The monoisotopic (exact) mass is 613 g/mol. The number of allylic oxidation sites excluding steroid dienone is 1. The number of epoxide rings is 2. The lowest BCUT2D eigenvalue weighted by Crippen LogP contribution is -2.56. The van der Waals surface area contributed by atoms with Crippen LogP contribution in [0.5, 0.6) is 0 Å². The van der Waals surface area contributed by atoms with E-state index < -0.39 is 23.8 Å². The molecular weight excluding hydrogens is 566 g/mol. The number of hydrogen-bond donors (Lipinski definition) is 3. The summed E-state index contributed by atoms with van der Waals surface area (Å²) in [6.45, 7) is 10.3. The molecule has 0 bridgehead atoms. The van der Waals surface area contributed by atoms with Crippen LogP contribution in [0, 0.1) is 5.92 Å². The van der Waals surface area contributed by atoms with Gasteiger partial charge in [-0.1, -0.05) is 23.8 Å². The van der Waals surface area contributed by atoms with E-state index in [4.69, 9.17) is 18.9 Å². The molecule has 2 saturated heterocycles. The molecular formula is C33H47N3O8. The molecule has 1 aromatic rings. The molecule has 242 valence electrons. The van der Waals surface area contributed by atoms with Crippen molar-refractivity contribution in [2.45, 2.75) is 109 Å². The third-order valence-corrected chi connectivity index (χ3v) is 8.87. The zero-order valence-electron chi connectivity index (χ0n) is 26.7. The van der Waals surface area contributed by atoms with Gasteiger partial charge in [0.2, 0.25) is 11.8 Å². The first-order chi connectivity index (χ1) is 20.9. The standard InChI is InChI=1S/C33H47N3O8/c1-20(2)7-13-26-32(5,44-26)29-28(41-6)25(15-17-33(29)19-42-33)43-31(40)34-18-16-23-9-11-24(12-10-23)36-30(39)22(4)35-27(38)14-8-21(3)37/h7,9-12,22,25-26,28-29H,8,13-19H2,1-6H3,(H,34,40)(H,35,38)(H,36,39)/t22-,25+,26+,28+,29+,32?,33-/m0/s1. The molecule has 3 aliphatic rings. The van der Waals surface area contributed by atoms with E-state index in [-0.39, 0.29) is 54.2 Å². The predicted molar refractivity (Wildman–Crippen MR) is 164 cm³/mol. The van der Waals surface area contributed by atoms with Gasteiger partial charge in [0.25, 0.3) is 0 Å². The Morgan fingerprint density at radius 3 is 2.43 bits per heavy atom. The molecule has 4 rings (SSSR count). The van der Waals surface area contributed by atoms with Crippen molar-refractivity contribution in [3.05, 3.63) is 41.5 Å². The number of nitrogens with one attached hydrogen (secondary N) is 3.